The molecule has 3 nitrogen and oxygen atoms in total. The SMILES string of the molecule is CC(COC(=O)C(=O)Cl)c1ccccc1. The Bertz CT molecular complexity index is 348. The highest BCUT2D eigenvalue weighted by Gasteiger charge is 2.14. The Labute approximate surface area is 93.0 Å². The van der Waals surface area contributed by atoms with Gasteiger partial charge in [0.2, 0.25) is 0 Å². The van der Waals surface area contributed by atoms with Gasteiger partial charge in [0.15, 0.2) is 0 Å². The first-order chi connectivity index (χ1) is 7.11. The van der Waals surface area contributed by atoms with Crippen molar-refractivity contribution in [3.63, 3.8) is 0 Å². The molecule has 0 saturated carbocycles. The monoisotopic (exact) mass is 226 g/mol. The molecule has 1 rings (SSSR count). The van der Waals surface area contributed by atoms with E-state index in [1.54, 1.807) is 0 Å². The number of benzene rings is 1. The second-order valence-corrected chi connectivity index (χ2v) is 3.53. The number of hydrogen-bond donors (Lipinski definition) is 0. The lowest BCUT2D eigenvalue weighted by Crippen LogP contribution is -2.15. The standard InChI is InChI=1S/C11H11ClO3/c1-8(7-15-11(14)10(12)13)9-5-3-2-4-6-9/h2-6,8H,7H2,1H3. The lowest BCUT2D eigenvalue weighted by Gasteiger charge is -2.10. The Morgan fingerprint density at radius 2 is 1.93 bits per heavy atom. The third-order valence-corrected chi connectivity index (χ3v) is 2.15. The Morgan fingerprint density at radius 1 is 1.33 bits per heavy atom. The van der Waals surface area contributed by atoms with E-state index in [0.717, 1.165) is 5.56 Å². The van der Waals surface area contributed by atoms with Crippen LogP contribution in [0.1, 0.15) is 18.4 Å². The molecule has 0 aromatic heterocycles. The van der Waals surface area contributed by atoms with Gasteiger partial charge in [0, 0.05) is 5.92 Å². The molecular formula is C11H11ClO3. The van der Waals surface area contributed by atoms with Crippen LogP contribution in [-0.2, 0) is 14.3 Å². The summed E-state index contributed by atoms with van der Waals surface area (Å²) < 4.78 is 4.70. The molecule has 0 heterocycles. The lowest BCUT2D eigenvalue weighted by atomic mass is 10.0. The third kappa shape index (κ3) is 3.72. The minimum atomic E-state index is -1.09. The van der Waals surface area contributed by atoms with Crippen molar-refractivity contribution in [3.05, 3.63) is 35.9 Å². The van der Waals surface area contributed by atoms with E-state index in [9.17, 15) is 9.59 Å². The topological polar surface area (TPSA) is 43.4 Å². The van der Waals surface area contributed by atoms with Gasteiger partial charge in [-0.05, 0) is 17.2 Å². The van der Waals surface area contributed by atoms with Gasteiger partial charge >= 0.3 is 11.2 Å². The smallest absolute Gasteiger partial charge is 0.391 e. The maximum atomic E-state index is 10.8. The van der Waals surface area contributed by atoms with Crippen LogP contribution in [0.25, 0.3) is 0 Å². The molecule has 0 fully saturated rings. The number of ether oxygens (including phenoxy) is 1. The highest BCUT2D eigenvalue weighted by atomic mass is 35.5. The second kappa shape index (κ2) is 5.51. The number of rotatable bonds is 4. The molecule has 1 unspecified atom stereocenters. The fourth-order valence-corrected chi connectivity index (χ4v) is 1.19. The molecule has 0 radical (unpaired) electrons. The zero-order valence-electron chi connectivity index (χ0n) is 8.27. The van der Waals surface area contributed by atoms with Crippen LogP contribution in [0.15, 0.2) is 30.3 Å². The van der Waals surface area contributed by atoms with Crippen LogP contribution < -0.4 is 0 Å². The number of carbonyl (C=O) groups excluding carboxylic acids is 2. The summed E-state index contributed by atoms with van der Waals surface area (Å²) in [5.74, 6) is -0.953. The lowest BCUT2D eigenvalue weighted by molar-refractivity contribution is -0.150. The molecule has 1 atom stereocenters. The van der Waals surface area contributed by atoms with Gasteiger partial charge in [0.25, 0.3) is 0 Å². The highest BCUT2D eigenvalue weighted by Crippen LogP contribution is 2.14. The quantitative estimate of drug-likeness (QED) is 0.449. The molecule has 1 aromatic rings. The van der Waals surface area contributed by atoms with Crippen LogP contribution in [0.4, 0.5) is 0 Å². The van der Waals surface area contributed by atoms with Gasteiger partial charge in [0.1, 0.15) is 0 Å². The molecule has 1 aromatic carbocycles. The van der Waals surface area contributed by atoms with Crippen molar-refractivity contribution < 1.29 is 14.3 Å². The first-order valence-corrected chi connectivity index (χ1v) is 4.90. The first kappa shape index (κ1) is 11.7. The van der Waals surface area contributed by atoms with E-state index in [-0.39, 0.29) is 12.5 Å². The molecule has 0 amide bonds. The molecule has 0 aliphatic carbocycles. The second-order valence-electron chi connectivity index (χ2n) is 3.18. The van der Waals surface area contributed by atoms with Gasteiger partial charge in [-0.15, -0.1) is 0 Å². The zero-order chi connectivity index (χ0) is 11.3. The van der Waals surface area contributed by atoms with E-state index in [2.05, 4.69) is 0 Å². The molecular weight excluding hydrogens is 216 g/mol. The summed E-state index contributed by atoms with van der Waals surface area (Å²) >= 11 is 4.94. The summed E-state index contributed by atoms with van der Waals surface area (Å²) in [5.41, 5.74) is 1.05. The Balaban J connectivity index is 2.47. The van der Waals surface area contributed by atoms with Crippen LogP contribution in [0.2, 0.25) is 0 Å². The Morgan fingerprint density at radius 3 is 2.47 bits per heavy atom. The summed E-state index contributed by atoms with van der Waals surface area (Å²) in [5, 5.41) is -1.09. The number of halogens is 1. The van der Waals surface area contributed by atoms with Crippen molar-refractivity contribution in [3.8, 4) is 0 Å². The number of hydrogen-bond acceptors (Lipinski definition) is 3. The largest absolute Gasteiger partial charge is 0.458 e. The van der Waals surface area contributed by atoms with Gasteiger partial charge in [-0.1, -0.05) is 37.3 Å². The van der Waals surface area contributed by atoms with Crippen LogP contribution in [0, 0.1) is 0 Å². The molecule has 80 valence electrons. The first-order valence-electron chi connectivity index (χ1n) is 4.52. The van der Waals surface area contributed by atoms with Gasteiger partial charge in [0.05, 0.1) is 6.61 Å². The minimum absolute atomic E-state index is 0.0474. The molecule has 4 heteroatoms. The number of carbonyl (C=O) groups is 2. The fourth-order valence-electron chi connectivity index (χ4n) is 1.14. The maximum Gasteiger partial charge on any atom is 0.391 e. The number of esters is 1. The molecule has 0 bridgehead atoms. The molecule has 0 aliphatic heterocycles. The maximum absolute atomic E-state index is 10.8. The third-order valence-electron chi connectivity index (χ3n) is 1.99. The summed E-state index contributed by atoms with van der Waals surface area (Å²) in [6.45, 7) is 2.06. The summed E-state index contributed by atoms with van der Waals surface area (Å²) in [4.78, 5) is 21.2. The van der Waals surface area contributed by atoms with Gasteiger partial charge < -0.3 is 4.74 Å². The Kier molecular flexibility index (Phi) is 4.31. The predicted molar refractivity (Wildman–Crippen MR) is 56.7 cm³/mol. The fraction of sp³-hybridized carbons (Fsp3) is 0.273. The molecule has 0 N–H and O–H groups in total. The molecule has 0 saturated heterocycles. The van der Waals surface area contributed by atoms with Crippen molar-refractivity contribution in [1.29, 1.82) is 0 Å². The van der Waals surface area contributed by atoms with E-state index < -0.39 is 11.2 Å². The van der Waals surface area contributed by atoms with Crippen LogP contribution >= 0.6 is 11.6 Å². The average molecular weight is 227 g/mol. The molecule has 15 heavy (non-hydrogen) atoms. The van der Waals surface area contributed by atoms with E-state index in [0.29, 0.717) is 0 Å². The van der Waals surface area contributed by atoms with Crippen LogP contribution in [0.3, 0.4) is 0 Å². The Hall–Kier alpha value is -1.35. The van der Waals surface area contributed by atoms with E-state index in [1.807, 2.05) is 37.3 Å². The van der Waals surface area contributed by atoms with Crippen molar-refractivity contribution in [2.45, 2.75) is 12.8 Å². The van der Waals surface area contributed by atoms with E-state index >= 15 is 0 Å². The van der Waals surface area contributed by atoms with Crippen molar-refractivity contribution in [1.82, 2.24) is 0 Å². The van der Waals surface area contributed by atoms with Crippen LogP contribution in [-0.4, -0.2) is 17.8 Å². The summed E-state index contributed by atoms with van der Waals surface area (Å²) in [6.07, 6.45) is 0. The van der Waals surface area contributed by atoms with Gasteiger partial charge in [-0.25, -0.2) is 4.79 Å². The summed E-state index contributed by atoms with van der Waals surface area (Å²) in [7, 11) is 0. The van der Waals surface area contributed by atoms with Crippen LogP contribution in [0.5, 0.6) is 0 Å². The van der Waals surface area contributed by atoms with E-state index in [4.69, 9.17) is 16.3 Å². The average Bonchev–Trinajstić information content (AvgIpc) is 2.26. The van der Waals surface area contributed by atoms with Gasteiger partial charge in [-0.3, -0.25) is 4.79 Å². The minimum Gasteiger partial charge on any atom is -0.458 e. The normalized spacial score (nSPS) is 11.9. The zero-order valence-corrected chi connectivity index (χ0v) is 9.03. The molecule has 0 spiro atoms. The predicted octanol–water partition coefficient (Wildman–Crippen LogP) is 2.10. The van der Waals surface area contributed by atoms with Crippen molar-refractivity contribution in [2.75, 3.05) is 6.61 Å². The van der Waals surface area contributed by atoms with E-state index in [1.165, 1.54) is 0 Å². The van der Waals surface area contributed by atoms with Crippen molar-refractivity contribution >= 4 is 22.8 Å². The highest BCUT2D eigenvalue weighted by molar-refractivity contribution is 6.80. The van der Waals surface area contributed by atoms with Gasteiger partial charge in [-0.2, -0.15) is 0 Å². The summed E-state index contributed by atoms with van der Waals surface area (Å²) in [6, 6.07) is 9.58. The molecule has 0 aliphatic rings. The van der Waals surface area contributed by atoms with Crippen molar-refractivity contribution in [2.24, 2.45) is 0 Å².